The van der Waals surface area contributed by atoms with E-state index in [0.29, 0.717) is 19.0 Å². The van der Waals surface area contributed by atoms with E-state index >= 15 is 0 Å². The molecule has 1 N–H and O–H groups in total. The van der Waals surface area contributed by atoms with Crippen molar-refractivity contribution in [2.24, 2.45) is 5.92 Å². The average Bonchev–Trinajstić information content (AvgIpc) is 2.78. The lowest BCUT2D eigenvalue weighted by molar-refractivity contribution is -0.141. The van der Waals surface area contributed by atoms with Gasteiger partial charge in [-0.3, -0.25) is 9.69 Å². The molecule has 2 heterocycles. The summed E-state index contributed by atoms with van der Waals surface area (Å²) in [5.41, 5.74) is 0.912. The van der Waals surface area contributed by atoms with E-state index in [1.807, 2.05) is 12.1 Å². The molecule has 1 aromatic rings. The molecule has 1 fully saturated rings. The number of likely N-dealkylation sites (tertiary alicyclic amines) is 1. The number of ether oxygens (including phenoxy) is 1. The number of hydrogen-bond acceptors (Lipinski definition) is 4. The highest BCUT2D eigenvalue weighted by Gasteiger charge is 2.27. The molecule has 1 aliphatic rings. The summed E-state index contributed by atoms with van der Waals surface area (Å²) in [5, 5.41) is 8.92. The molecule has 0 bridgehead atoms. The first-order chi connectivity index (χ1) is 8.19. The van der Waals surface area contributed by atoms with Gasteiger partial charge in [0.25, 0.3) is 0 Å². The minimum absolute atomic E-state index is 0.236. The number of methoxy groups -OCH3 is 1. The van der Waals surface area contributed by atoms with Gasteiger partial charge in [-0.15, -0.1) is 0 Å². The second kappa shape index (κ2) is 5.14. The van der Waals surface area contributed by atoms with Crippen molar-refractivity contribution in [3.8, 4) is 5.88 Å². The fourth-order valence-corrected chi connectivity index (χ4v) is 2.07. The number of pyridine rings is 1. The second-order valence-corrected chi connectivity index (χ2v) is 4.23. The predicted molar refractivity (Wildman–Crippen MR) is 61.8 cm³/mol. The zero-order chi connectivity index (χ0) is 12.3. The predicted octanol–water partition coefficient (Wildman–Crippen LogP) is 0.997. The maximum atomic E-state index is 10.8. The third-order valence-electron chi connectivity index (χ3n) is 3.00. The Morgan fingerprint density at radius 2 is 2.47 bits per heavy atom. The van der Waals surface area contributed by atoms with Crippen LogP contribution in [0.3, 0.4) is 0 Å². The maximum absolute atomic E-state index is 10.8. The largest absolute Gasteiger partial charge is 0.481 e. The lowest BCUT2D eigenvalue weighted by Gasteiger charge is -2.14. The van der Waals surface area contributed by atoms with E-state index < -0.39 is 5.97 Å². The highest BCUT2D eigenvalue weighted by atomic mass is 16.5. The molecular weight excluding hydrogens is 220 g/mol. The molecule has 0 aromatic carbocycles. The zero-order valence-corrected chi connectivity index (χ0v) is 9.80. The monoisotopic (exact) mass is 236 g/mol. The van der Waals surface area contributed by atoms with Crippen molar-refractivity contribution in [2.45, 2.75) is 13.0 Å². The van der Waals surface area contributed by atoms with Crippen molar-refractivity contribution >= 4 is 5.97 Å². The fraction of sp³-hybridized carbons (Fsp3) is 0.500. The summed E-state index contributed by atoms with van der Waals surface area (Å²) >= 11 is 0. The summed E-state index contributed by atoms with van der Waals surface area (Å²) in [4.78, 5) is 17.3. The lowest BCUT2D eigenvalue weighted by atomic mass is 10.1. The molecule has 2 rings (SSSR count). The first-order valence-corrected chi connectivity index (χ1v) is 5.64. The summed E-state index contributed by atoms with van der Waals surface area (Å²) in [6, 6.07) is 5.62. The number of aliphatic carboxylic acids is 1. The number of carboxylic acid groups (broad SMARTS) is 1. The third-order valence-corrected chi connectivity index (χ3v) is 3.00. The Labute approximate surface area is 100 Å². The summed E-state index contributed by atoms with van der Waals surface area (Å²) in [6.45, 7) is 2.10. The van der Waals surface area contributed by atoms with Gasteiger partial charge in [-0.25, -0.2) is 4.98 Å². The first-order valence-electron chi connectivity index (χ1n) is 5.64. The van der Waals surface area contributed by atoms with E-state index in [9.17, 15) is 4.79 Å². The van der Waals surface area contributed by atoms with E-state index in [-0.39, 0.29) is 5.92 Å². The van der Waals surface area contributed by atoms with Crippen LogP contribution in [-0.4, -0.2) is 41.2 Å². The molecule has 1 saturated heterocycles. The van der Waals surface area contributed by atoms with Crippen LogP contribution in [0.25, 0.3) is 0 Å². The minimum Gasteiger partial charge on any atom is -0.481 e. The van der Waals surface area contributed by atoms with Crippen LogP contribution in [0.2, 0.25) is 0 Å². The number of rotatable bonds is 4. The lowest BCUT2D eigenvalue weighted by Crippen LogP contribution is -2.23. The van der Waals surface area contributed by atoms with Gasteiger partial charge >= 0.3 is 5.97 Å². The van der Waals surface area contributed by atoms with Gasteiger partial charge in [0.1, 0.15) is 0 Å². The van der Waals surface area contributed by atoms with Crippen LogP contribution in [0, 0.1) is 5.92 Å². The number of hydrogen-bond donors (Lipinski definition) is 1. The summed E-state index contributed by atoms with van der Waals surface area (Å²) in [5.74, 6) is -0.344. The van der Waals surface area contributed by atoms with E-state index in [0.717, 1.165) is 18.7 Å². The molecule has 0 radical (unpaired) electrons. The van der Waals surface area contributed by atoms with E-state index in [2.05, 4.69) is 9.88 Å². The second-order valence-electron chi connectivity index (χ2n) is 4.23. The normalized spacial score (nSPS) is 20.4. The average molecular weight is 236 g/mol. The van der Waals surface area contributed by atoms with Crippen molar-refractivity contribution in [2.75, 3.05) is 20.2 Å². The van der Waals surface area contributed by atoms with Crippen molar-refractivity contribution in [1.82, 2.24) is 9.88 Å². The van der Waals surface area contributed by atoms with Crippen molar-refractivity contribution in [3.63, 3.8) is 0 Å². The Hall–Kier alpha value is -1.62. The van der Waals surface area contributed by atoms with Gasteiger partial charge in [-0.1, -0.05) is 6.07 Å². The molecule has 1 atom stereocenters. The molecule has 0 aliphatic carbocycles. The van der Waals surface area contributed by atoms with Gasteiger partial charge in [-0.2, -0.15) is 0 Å². The van der Waals surface area contributed by atoms with Crippen LogP contribution < -0.4 is 4.74 Å². The molecule has 1 aliphatic heterocycles. The SMILES string of the molecule is COc1cccc(CN2CCC(C(=O)O)C2)n1. The molecular formula is C12H16N2O3. The van der Waals surface area contributed by atoms with Gasteiger partial charge in [0.15, 0.2) is 0 Å². The van der Waals surface area contributed by atoms with Gasteiger partial charge < -0.3 is 9.84 Å². The molecule has 5 nitrogen and oxygen atoms in total. The third kappa shape index (κ3) is 2.94. The van der Waals surface area contributed by atoms with Crippen LogP contribution in [0.4, 0.5) is 0 Å². The molecule has 1 unspecified atom stereocenters. The molecule has 92 valence electrons. The Kier molecular flexibility index (Phi) is 3.58. The fourth-order valence-electron chi connectivity index (χ4n) is 2.07. The van der Waals surface area contributed by atoms with Crippen molar-refractivity contribution < 1.29 is 14.6 Å². The Morgan fingerprint density at radius 1 is 1.65 bits per heavy atom. The molecule has 0 amide bonds. The van der Waals surface area contributed by atoms with Crippen molar-refractivity contribution in [1.29, 1.82) is 0 Å². The van der Waals surface area contributed by atoms with E-state index in [4.69, 9.17) is 9.84 Å². The molecule has 5 heteroatoms. The number of carboxylic acids is 1. The van der Waals surface area contributed by atoms with Crippen LogP contribution in [0.5, 0.6) is 5.88 Å². The highest BCUT2D eigenvalue weighted by molar-refractivity contribution is 5.70. The van der Waals surface area contributed by atoms with Gasteiger partial charge in [0, 0.05) is 19.2 Å². The Morgan fingerprint density at radius 3 is 3.12 bits per heavy atom. The standard InChI is InChI=1S/C12H16N2O3/c1-17-11-4-2-3-10(13-11)8-14-6-5-9(7-14)12(15)16/h2-4,9H,5-8H2,1H3,(H,15,16). The molecule has 0 spiro atoms. The van der Waals surface area contributed by atoms with Crippen LogP contribution >= 0.6 is 0 Å². The van der Waals surface area contributed by atoms with Crippen molar-refractivity contribution in [3.05, 3.63) is 23.9 Å². The molecule has 17 heavy (non-hydrogen) atoms. The van der Waals surface area contributed by atoms with Gasteiger partial charge in [0.05, 0.1) is 18.7 Å². The summed E-state index contributed by atoms with van der Waals surface area (Å²) < 4.78 is 5.05. The van der Waals surface area contributed by atoms with Crippen LogP contribution in [-0.2, 0) is 11.3 Å². The summed E-state index contributed by atoms with van der Waals surface area (Å²) in [7, 11) is 1.59. The number of nitrogens with zero attached hydrogens (tertiary/aromatic N) is 2. The maximum Gasteiger partial charge on any atom is 0.307 e. The van der Waals surface area contributed by atoms with Gasteiger partial charge in [-0.05, 0) is 19.0 Å². The highest BCUT2D eigenvalue weighted by Crippen LogP contribution is 2.18. The van der Waals surface area contributed by atoms with Crippen LogP contribution in [0.1, 0.15) is 12.1 Å². The quantitative estimate of drug-likeness (QED) is 0.844. The minimum atomic E-state index is -0.703. The molecule has 0 saturated carbocycles. The van der Waals surface area contributed by atoms with Gasteiger partial charge in [0.2, 0.25) is 5.88 Å². The number of carbonyl (C=O) groups is 1. The van der Waals surface area contributed by atoms with Crippen LogP contribution in [0.15, 0.2) is 18.2 Å². The smallest absolute Gasteiger partial charge is 0.307 e. The topological polar surface area (TPSA) is 62.7 Å². The van der Waals surface area contributed by atoms with E-state index in [1.54, 1.807) is 13.2 Å². The summed E-state index contributed by atoms with van der Waals surface area (Å²) in [6.07, 6.45) is 0.722. The molecule has 1 aromatic heterocycles. The van der Waals surface area contributed by atoms with E-state index in [1.165, 1.54) is 0 Å². The Balaban J connectivity index is 1.95. The number of aromatic nitrogens is 1. The zero-order valence-electron chi connectivity index (χ0n) is 9.80. The first kappa shape index (κ1) is 11.9. The Bertz CT molecular complexity index is 408.